The molecule has 0 bridgehead atoms. The molecule has 2 heterocycles. The van der Waals surface area contributed by atoms with E-state index in [9.17, 15) is 0 Å². The van der Waals surface area contributed by atoms with Crippen molar-refractivity contribution in [3.05, 3.63) is 30.1 Å². The molecule has 2 rings (SSSR count). The van der Waals surface area contributed by atoms with E-state index in [-0.39, 0.29) is 0 Å². The quantitative estimate of drug-likeness (QED) is 0.812. The SMILES string of the molecule is CC(NCCN(C)Cc1ccccn1)C1CCCO1. The van der Waals surface area contributed by atoms with Crippen LogP contribution in [0.5, 0.6) is 0 Å². The van der Waals surface area contributed by atoms with E-state index in [2.05, 4.69) is 35.2 Å². The maximum absolute atomic E-state index is 5.68. The molecule has 0 aromatic carbocycles. The molecule has 1 N–H and O–H groups in total. The summed E-state index contributed by atoms with van der Waals surface area (Å²) in [6.07, 6.45) is 4.65. The van der Waals surface area contributed by atoms with Crippen LogP contribution in [0.2, 0.25) is 0 Å². The third kappa shape index (κ3) is 4.90. The third-order valence-electron chi connectivity index (χ3n) is 3.64. The summed E-state index contributed by atoms with van der Waals surface area (Å²) in [7, 11) is 2.13. The molecule has 0 aliphatic carbocycles. The summed E-state index contributed by atoms with van der Waals surface area (Å²) < 4.78 is 5.68. The predicted molar refractivity (Wildman–Crippen MR) is 77.0 cm³/mol. The lowest BCUT2D eigenvalue weighted by Gasteiger charge is -2.22. The van der Waals surface area contributed by atoms with Crippen LogP contribution in [0.4, 0.5) is 0 Å². The molecule has 106 valence electrons. The largest absolute Gasteiger partial charge is 0.377 e. The first-order chi connectivity index (χ1) is 9.25. The van der Waals surface area contributed by atoms with Gasteiger partial charge in [0, 0.05) is 38.5 Å². The Balaban J connectivity index is 1.62. The molecule has 1 aliphatic heterocycles. The van der Waals surface area contributed by atoms with Gasteiger partial charge in [-0.25, -0.2) is 0 Å². The Hall–Kier alpha value is -0.970. The number of likely N-dealkylation sites (N-methyl/N-ethyl adjacent to an activating group) is 1. The van der Waals surface area contributed by atoms with Crippen LogP contribution in [0, 0.1) is 0 Å². The van der Waals surface area contributed by atoms with E-state index < -0.39 is 0 Å². The van der Waals surface area contributed by atoms with E-state index in [0.29, 0.717) is 12.1 Å². The highest BCUT2D eigenvalue weighted by molar-refractivity contribution is 5.02. The number of pyridine rings is 1. The zero-order valence-electron chi connectivity index (χ0n) is 12.0. The highest BCUT2D eigenvalue weighted by Crippen LogP contribution is 2.15. The molecule has 1 aromatic heterocycles. The van der Waals surface area contributed by atoms with Crippen LogP contribution in [0.25, 0.3) is 0 Å². The van der Waals surface area contributed by atoms with Gasteiger partial charge in [-0.05, 0) is 38.9 Å². The van der Waals surface area contributed by atoms with Crippen molar-refractivity contribution in [3.8, 4) is 0 Å². The average molecular weight is 263 g/mol. The number of ether oxygens (including phenoxy) is 1. The predicted octanol–water partition coefficient (Wildman–Crippen LogP) is 1.67. The summed E-state index contributed by atoms with van der Waals surface area (Å²) in [6.45, 7) is 6.06. The zero-order valence-corrected chi connectivity index (χ0v) is 12.0. The molecule has 1 fully saturated rings. The standard InChI is InChI=1S/C15H25N3O/c1-13(15-7-5-11-19-15)16-9-10-18(2)12-14-6-3-4-8-17-14/h3-4,6,8,13,15-16H,5,7,9-12H2,1-2H3. The van der Waals surface area contributed by atoms with E-state index in [1.54, 1.807) is 0 Å². The summed E-state index contributed by atoms with van der Waals surface area (Å²) in [5.41, 5.74) is 1.12. The number of rotatable bonds is 7. The highest BCUT2D eigenvalue weighted by Gasteiger charge is 2.21. The Morgan fingerprint density at radius 1 is 1.53 bits per heavy atom. The van der Waals surface area contributed by atoms with Crippen molar-refractivity contribution in [2.75, 3.05) is 26.7 Å². The molecule has 0 saturated carbocycles. The first kappa shape index (κ1) is 14.4. The Kier molecular flexibility index (Phi) is 5.76. The van der Waals surface area contributed by atoms with Gasteiger partial charge in [0.25, 0.3) is 0 Å². The minimum Gasteiger partial charge on any atom is -0.377 e. The minimum atomic E-state index is 0.404. The topological polar surface area (TPSA) is 37.4 Å². The van der Waals surface area contributed by atoms with Crippen molar-refractivity contribution in [2.45, 2.75) is 38.5 Å². The van der Waals surface area contributed by atoms with Crippen LogP contribution >= 0.6 is 0 Å². The molecule has 2 atom stereocenters. The van der Waals surface area contributed by atoms with Crippen molar-refractivity contribution in [1.82, 2.24) is 15.2 Å². The van der Waals surface area contributed by atoms with Crippen molar-refractivity contribution < 1.29 is 4.74 Å². The van der Waals surface area contributed by atoms with Crippen molar-refractivity contribution in [2.24, 2.45) is 0 Å². The van der Waals surface area contributed by atoms with Crippen molar-refractivity contribution in [1.29, 1.82) is 0 Å². The molecule has 1 aromatic rings. The van der Waals surface area contributed by atoms with Gasteiger partial charge in [0.15, 0.2) is 0 Å². The van der Waals surface area contributed by atoms with Crippen LogP contribution in [-0.4, -0.2) is 48.8 Å². The van der Waals surface area contributed by atoms with E-state index in [4.69, 9.17) is 4.74 Å². The second kappa shape index (κ2) is 7.58. The lowest BCUT2D eigenvalue weighted by atomic mass is 10.1. The summed E-state index contributed by atoms with van der Waals surface area (Å²) in [5.74, 6) is 0. The van der Waals surface area contributed by atoms with E-state index in [1.165, 1.54) is 12.8 Å². The fourth-order valence-electron chi connectivity index (χ4n) is 2.46. The Morgan fingerprint density at radius 2 is 2.42 bits per heavy atom. The van der Waals surface area contributed by atoms with E-state index in [1.807, 2.05) is 18.3 Å². The highest BCUT2D eigenvalue weighted by atomic mass is 16.5. The van der Waals surface area contributed by atoms with Crippen LogP contribution in [0.3, 0.4) is 0 Å². The van der Waals surface area contributed by atoms with Crippen LogP contribution < -0.4 is 5.32 Å². The Morgan fingerprint density at radius 3 is 3.11 bits per heavy atom. The second-order valence-corrected chi connectivity index (χ2v) is 5.35. The summed E-state index contributed by atoms with van der Waals surface area (Å²) in [5, 5.41) is 3.55. The molecule has 19 heavy (non-hydrogen) atoms. The van der Waals surface area contributed by atoms with Crippen molar-refractivity contribution >= 4 is 0 Å². The summed E-state index contributed by atoms with van der Waals surface area (Å²) in [4.78, 5) is 6.63. The number of nitrogens with one attached hydrogen (secondary N) is 1. The van der Waals surface area contributed by atoms with Crippen LogP contribution in [0.15, 0.2) is 24.4 Å². The average Bonchev–Trinajstić information content (AvgIpc) is 2.93. The molecule has 1 aliphatic rings. The molecule has 0 radical (unpaired) electrons. The Bertz CT molecular complexity index is 352. The van der Waals surface area contributed by atoms with Gasteiger partial charge >= 0.3 is 0 Å². The molecule has 0 amide bonds. The van der Waals surface area contributed by atoms with Gasteiger partial charge in [0.05, 0.1) is 11.8 Å². The molecule has 2 unspecified atom stereocenters. The molecular formula is C15H25N3O. The molecule has 0 spiro atoms. The number of nitrogens with zero attached hydrogens (tertiary/aromatic N) is 2. The normalized spacial score (nSPS) is 20.9. The van der Waals surface area contributed by atoms with E-state index >= 15 is 0 Å². The summed E-state index contributed by atoms with van der Waals surface area (Å²) >= 11 is 0. The van der Waals surface area contributed by atoms with Crippen LogP contribution in [0.1, 0.15) is 25.5 Å². The third-order valence-corrected chi connectivity index (χ3v) is 3.64. The van der Waals surface area contributed by atoms with Gasteiger partial charge in [-0.1, -0.05) is 6.07 Å². The fraction of sp³-hybridized carbons (Fsp3) is 0.667. The lowest BCUT2D eigenvalue weighted by Crippen LogP contribution is -2.40. The molecule has 4 heteroatoms. The lowest BCUT2D eigenvalue weighted by molar-refractivity contribution is 0.0829. The Labute approximate surface area is 116 Å². The van der Waals surface area contributed by atoms with Gasteiger partial charge < -0.3 is 10.1 Å². The summed E-state index contributed by atoms with van der Waals surface area (Å²) in [6, 6.07) is 6.51. The molecule has 1 saturated heterocycles. The molecular weight excluding hydrogens is 238 g/mol. The number of aromatic nitrogens is 1. The first-order valence-electron chi connectivity index (χ1n) is 7.19. The monoisotopic (exact) mass is 263 g/mol. The maximum atomic E-state index is 5.68. The van der Waals surface area contributed by atoms with Gasteiger partial charge in [-0.3, -0.25) is 9.88 Å². The van der Waals surface area contributed by atoms with E-state index in [0.717, 1.165) is 31.9 Å². The number of hydrogen-bond acceptors (Lipinski definition) is 4. The first-order valence-corrected chi connectivity index (χ1v) is 7.19. The maximum Gasteiger partial charge on any atom is 0.0726 e. The van der Waals surface area contributed by atoms with Gasteiger partial charge in [0.2, 0.25) is 0 Å². The fourth-order valence-corrected chi connectivity index (χ4v) is 2.46. The van der Waals surface area contributed by atoms with Gasteiger partial charge in [0.1, 0.15) is 0 Å². The molecule has 4 nitrogen and oxygen atoms in total. The van der Waals surface area contributed by atoms with Crippen molar-refractivity contribution in [3.63, 3.8) is 0 Å². The van der Waals surface area contributed by atoms with Gasteiger partial charge in [-0.2, -0.15) is 0 Å². The zero-order chi connectivity index (χ0) is 13.5. The minimum absolute atomic E-state index is 0.404. The number of hydrogen-bond donors (Lipinski definition) is 1. The second-order valence-electron chi connectivity index (χ2n) is 5.35. The van der Waals surface area contributed by atoms with Gasteiger partial charge in [-0.15, -0.1) is 0 Å². The smallest absolute Gasteiger partial charge is 0.0726 e. The van der Waals surface area contributed by atoms with Crippen LogP contribution in [-0.2, 0) is 11.3 Å².